The highest BCUT2D eigenvalue weighted by atomic mass is 32.2. The minimum absolute atomic E-state index is 0.0134. The normalized spacial score (nSPS) is 10.8. The van der Waals surface area contributed by atoms with Crippen molar-refractivity contribution in [2.24, 2.45) is 0 Å². The Morgan fingerprint density at radius 2 is 2.05 bits per heavy atom. The van der Waals surface area contributed by atoms with E-state index < -0.39 is 0 Å². The molecule has 0 fully saturated rings. The van der Waals surface area contributed by atoms with Crippen LogP contribution in [0.4, 0.5) is 0 Å². The second-order valence-corrected chi connectivity index (χ2v) is 5.17. The summed E-state index contributed by atoms with van der Waals surface area (Å²) >= 11 is 1.62. The number of rotatable bonds is 2. The van der Waals surface area contributed by atoms with Gasteiger partial charge in [-0.25, -0.2) is 4.98 Å². The summed E-state index contributed by atoms with van der Waals surface area (Å²) in [6.07, 6.45) is 3.29. The number of hydrogen-bond acceptors (Lipinski definition) is 4. The number of thioether (sulfide) groups is 1. The first kappa shape index (κ1) is 12.7. The molecule has 0 saturated heterocycles. The molecular weight excluding hydrogens is 272 g/mol. The van der Waals surface area contributed by atoms with Crippen LogP contribution in [-0.2, 0) is 0 Å². The van der Waals surface area contributed by atoms with Crippen molar-refractivity contribution in [1.82, 2.24) is 9.97 Å². The van der Waals surface area contributed by atoms with Gasteiger partial charge in [0.25, 0.3) is 5.56 Å². The summed E-state index contributed by atoms with van der Waals surface area (Å²) in [7, 11) is 0. The number of aromatic nitrogens is 2. The SMILES string of the molecule is CSc1ccccc1-c1cc(O)c2nc[nH]c(=O)c2c1. The first-order chi connectivity index (χ1) is 9.70. The molecule has 20 heavy (non-hydrogen) atoms. The lowest BCUT2D eigenvalue weighted by atomic mass is 10.0. The summed E-state index contributed by atoms with van der Waals surface area (Å²) in [5, 5.41) is 10.5. The van der Waals surface area contributed by atoms with Crippen LogP contribution in [-0.4, -0.2) is 21.3 Å². The molecular formula is C15H12N2O2S. The topological polar surface area (TPSA) is 66.0 Å². The van der Waals surface area contributed by atoms with Gasteiger partial charge in [-0.2, -0.15) is 0 Å². The summed E-state index contributed by atoms with van der Waals surface area (Å²) < 4.78 is 0. The van der Waals surface area contributed by atoms with Crippen LogP contribution in [0.3, 0.4) is 0 Å². The van der Waals surface area contributed by atoms with Crippen molar-refractivity contribution < 1.29 is 5.11 Å². The molecule has 0 aliphatic rings. The molecule has 0 radical (unpaired) electrons. The summed E-state index contributed by atoms with van der Waals surface area (Å²) in [5.41, 5.74) is 1.85. The maximum atomic E-state index is 11.9. The molecule has 3 aromatic rings. The number of aromatic hydroxyl groups is 1. The molecule has 0 aliphatic heterocycles. The highest BCUT2D eigenvalue weighted by Crippen LogP contribution is 2.34. The van der Waals surface area contributed by atoms with Crippen LogP contribution in [0, 0.1) is 0 Å². The van der Waals surface area contributed by atoms with Crippen LogP contribution in [0.15, 0.2) is 52.4 Å². The van der Waals surface area contributed by atoms with Crippen LogP contribution in [0.5, 0.6) is 5.75 Å². The van der Waals surface area contributed by atoms with Crippen molar-refractivity contribution in [2.45, 2.75) is 4.90 Å². The predicted octanol–water partition coefficient (Wildman–Crippen LogP) is 3.02. The highest BCUT2D eigenvalue weighted by molar-refractivity contribution is 7.98. The van der Waals surface area contributed by atoms with Crippen molar-refractivity contribution >= 4 is 22.7 Å². The van der Waals surface area contributed by atoms with Crippen molar-refractivity contribution in [3.05, 3.63) is 53.1 Å². The van der Waals surface area contributed by atoms with Gasteiger partial charge in [0.1, 0.15) is 11.3 Å². The Balaban J connectivity index is 2.33. The molecule has 2 N–H and O–H groups in total. The van der Waals surface area contributed by atoms with Crippen LogP contribution in [0.1, 0.15) is 0 Å². The van der Waals surface area contributed by atoms with Crippen LogP contribution in [0.2, 0.25) is 0 Å². The molecule has 0 aliphatic carbocycles. The summed E-state index contributed by atoms with van der Waals surface area (Å²) in [4.78, 5) is 19.5. The monoisotopic (exact) mass is 284 g/mol. The largest absolute Gasteiger partial charge is 0.506 e. The zero-order valence-corrected chi connectivity index (χ0v) is 11.6. The van der Waals surface area contributed by atoms with E-state index in [4.69, 9.17) is 0 Å². The Bertz CT molecular complexity index is 843. The van der Waals surface area contributed by atoms with E-state index in [1.807, 2.05) is 30.5 Å². The molecule has 1 aromatic heterocycles. The molecule has 0 bridgehead atoms. The molecule has 4 nitrogen and oxygen atoms in total. The van der Waals surface area contributed by atoms with Gasteiger partial charge in [0.2, 0.25) is 0 Å². The molecule has 0 spiro atoms. The van der Waals surface area contributed by atoms with Gasteiger partial charge in [-0.3, -0.25) is 4.79 Å². The fourth-order valence-electron chi connectivity index (χ4n) is 2.20. The molecule has 0 saturated carbocycles. The highest BCUT2D eigenvalue weighted by Gasteiger charge is 2.10. The smallest absolute Gasteiger partial charge is 0.258 e. The summed E-state index contributed by atoms with van der Waals surface area (Å²) in [6, 6.07) is 11.3. The van der Waals surface area contributed by atoms with Crippen molar-refractivity contribution in [3.63, 3.8) is 0 Å². The van der Waals surface area contributed by atoms with E-state index in [1.165, 1.54) is 6.33 Å². The second kappa shape index (κ2) is 5.02. The van der Waals surface area contributed by atoms with Gasteiger partial charge in [0.15, 0.2) is 0 Å². The number of aromatic amines is 1. The lowest BCUT2D eigenvalue weighted by molar-refractivity contribution is 0.480. The van der Waals surface area contributed by atoms with Gasteiger partial charge >= 0.3 is 0 Å². The molecule has 5 heteroatoms. The molecule has 0 amide bonds. The zero-order valence-electron chi connectivity index (χ0n) is 10.8. The molecule has 1 heterocycles. The Labute approximate surface area is 119 Å². The molecule has 0 atom stereocenters. The molecule has 2 aromatic carbocycles. The third-order valence-electron chi connectivity index (χ3n) is 3.14. The lowest BCUT2D eigenvalue weighted by Crippen LogP contribution is -2.06. The second-order valence-electron chi connectivity index (χ2n) is 4.32. The van der Waals surface area contributed by atoms with Crippen LogP contribution < -0.4 is 5.56 Å². The first-order valence-electron chi connectivity index (χ1n) is 6.04. The number of benzene rings is 2. The quantitative estimate of drug-likeness (QED) is 0.710. The fourth-order valence-corrected chi connectivity index (χ4v) is 2.82. The van der Waals surface area contributed by atoms with Gasteiger partial charge in [0.05, 0.1) is 11.7 Å². The number of phenols is 1. The van der Waals surface area contributed by atoms with E-state index in [9.17, 15) is 9.90 Å². The summed E-state index contributed by atoms with van der Waals surface area (Å²) in [5.74, 6) is 0.0134. The average Bonchev–Trinajstić information content (AvgIpc) is 2.48. The number of phenolic OH excluding ortho intramolecular Hbond substituents is 1. The van der Waals surface area contributed by atoms with Crippen LogP contribution >= 0.6 is 11.8 Å². The number of fused-ring (bicyclic) bond motifs is 1. The number of H-pyrrole nitrogens is 1. The van der Waals surface area contributed by atoms with E-state index in [0.29, 0.717) is 10.9 Å². The van der Waals surface area contributed by atoms with Gasteiger partial charge < -0.3 is 10.1 Å². The van der Waals surface area contributed by atoms with Crippen molar-refractivity contribution in [3.8, 4) is 16.9 Å². The average molecular weight is 284 g/mol. The fraction of sp³-hybridized carbons (Fsp3) is 0.0667. The number of hydrogen-bond donors (Lipinski definition) is 2. The third-order valence-corrected chi connectivity index (χ3v) is 3.94. The van der Waals surface area contributed by atoms with Crippen molar-refractivity contribution in [1.29, 1.82) is 0 Å². The maximum Gasteiger partial charge on any atom is 0.258 e. The minimum atomic E-state index is -0.256. The summed E-state index contributed by atoms with van der Waals surface area (Å²) in [6.45, 7) is 0. The van der Waals surface area contributed by atoms with E-state index in [0.717, 1.165) is 16.0 Å². The van der Waals surface area contributed by atoms with E-state index in [2.05, 4.69) is 9.97 Å². The molecule has 100 valence electrons. The zero-order chi connectivity index (χ0) is 14.1. The Hall–Kier alpha value is -2.27. The van der Waals surface area contributed by atoms with Gasteiger partial charge in [-0.15, -0.1) is 11.8 Å². The Morgan fingerprint density at radius 3 is 2.85 bits per heavy atom. The Kier molecular flexibility index (Phi) is 3.20. The lowest BCUT2D eigenvalue weighted by Gasteiger charge is -2.09. The van der Waals surface area contributed by atoms with Crippen molar-refractivity contribution in [2.75, 3.05) is 6.26 Å². The molecule has 3 rings (SSSR count). The van der Waals surface area contributed by atoms with E-state index in [1.54, 1.807) is 23.9 Å². The van der Waals surface area contributed by atoms with Gasteiger partial charge in [0, 0.05) is 4.90 Å². The first-order valence-corrected chi connectivity index (χ1v) is 7.27. The van der Waals surface area contributed by atoms with Gasteiger partial charge in [-0.05, 0) is 35.6 Å². The predicted molar refractivity (Wildman–Crippen MR) is 81.2 cm³/mol. The minimum Gasteiger partial charge on any atom is -0.506 e. The maximum absolute atomic E-state index is 11.9. The van der Waals surface area contributed by atoms with E-state index >= 15 is 0 Å². The van der Waals surface area contributed by atoms with Crippen LogP contribution in [0.25, 0.3) is 22.0 Å². The third kappa shape index (κ3) is 2.06. The van der Waals surface area contributed by atoms with E-state index in [-0.39, 0.29) is 11.3 Å². The number of nitrogens with one attached hydrogen (secondary N) is 1. The standard InChI is InChI=1S/C15H12N2O2S/c1-20-13-5-3-2-4-10(13)9-6-11-14(12(18)7-9)16-8-17-15(11)19/h2-8,18H,1H3,(H,16,17,19). The number of nitrogens with zero attached hydrogens (tertiary/aromatic N) is 1. The van der Waals surface area contributed by atoms with Gasteiger partial charge in [-0.1, -0.05) is 18.2 Å². The Morgan fingerprint density at radius 1 is 1.25 bits per heavy atom. The molecule has 0 unspecified atom stereocenters.